The Bertz CT molecular complexity index is 531. The molecule has 0 unspecified atom stereocenters. The van der Waals surface area contributed by atoms with Gasteiger partial charge in [-0.3, -0.25) is 14.8 Å². The number of carbonyl (C=O) groups is 1. The topological polar surface area (TPSA) is 54.9 Å². The van der Waals surface area contributed by atoms with Crippen molar-refractivity contribution in [3.05, 3.63) is 54.1 Å². The van der Waals surface area contributed by atoms with Gasteiger partial charge in [-0.15, -0.1) is 11.8 Å². The number of benzene rings is 1. The monoisotopic (exact) mass is 259 g/mol. The highest BCUT2D eigenvalue weighted by atomic mass is 32.2. The predicted molar refractivity (Wildman–Crippen MR) is 71.4 cm³/mol. The molecule has 0 aliphatic carbocycles. The molecule has 92 valence electrons. The van der Waals surface area contributed by atoms with Gasteiger partial charge in [-0.05, 0) is 18.4 Å². The highest BCUT2D eigenvalue weighted by Crippen LogP contribution is 2.19. The normalized spacial score (nSPS) is 10.1. The average Bonchev–Trinajstić information content (AvgIpc) is 2.45. The fourth-order valence-corrected chi connectivity index (χ4v) is 2.11. The zero-order valence-corrected chi connectivity index (χ0v) is 10.8. The van der Waals surface area contributed by atoms with E-state index in [1.165, 1.54) is 0 Å². The lowest BCUT2D eigenvalue weighted by molar-refractivity contribution is 0.0947. The second-order valence-electron chi connectivity index (χ2n) is 3.58. The number of hydrogen-bond donors (Lipinski definition) is 1. The van der Waals surface area contributed by atoms with Crippen LogP contribution in [0.4, 0.5) is 0 Å². The molecule has 0 saturated heterocycles. The maximum absolute atomic E-state index is 12.0. The molecule has 1 N–H and O–H groups in total. The predicted octanol–water partition coefficient (Wildman–Crippen LogP) is 2.13. The molecule has 0 fully saturated rings. The molecule has 1 aromatic heterocycles. The summed E-state index contributed by atoms with van der Waals surface area (Å²) in [5.41, 5.74) is 1.43. The lowest BCUT2D eigenvalue weighted by atomic mass is 10.2. The number of aromatic nitrogens is 2. The van der Waals surface area contributed by atoms with Crippen LogP contribution >= 0.6 is 11.8 Å². The third kappa shape index (κ3) is 3.07. The number of amides is 1. The van der Waals surface area contributed by atoms with Crippen molar-refractivity contribution in [1.82, 2.24) is 15.3 Å². The van der Waals surface area contributed by atoms with Gasteiger partial charge in [0, 0.05) is 17.3 Å². The fraction of sp³-hybridized carbons (Fsp3) is 0.154. The van der Waals surface area contributed by atoms with Crippen LogP contribution in [0.3, 0.4) is 0 Å². The summed E-state index contributed by atoms with van der Waals surface area (Å²) in [6.45, 7) is 0.384. The van der Waals surface area contributed by atoms with Crippen molar-refractivity contribution in [2.75, 3.05) is 6.26 Å². The molecule has 0 spiro atoms. The van der Waals surface area contributed by atoms with E-state index in [9.17, 15) is 4.79 Å². The Hall–Kier alpha value is -1.88. The van der Waals surface area contributed by atoms with Crippen LogP contribution in [0.15, 0.2) is 47.8 Å². The first-order chi connectivity index (χ1) is 8.81. The summed E-state index contributed by atoms with van der Waals surface area (Å²) in [6.07, 6.45) is 6.81. The van der Waals surface area contributed by atoms with Crippen molar-refractivity contribution in [1.29, 1.82) is 0 Å². The third-order valence-corrected chi connectivity index (χ3v) is 3.19. The highest BCUT2D eigenvalue weighted by Gasteiger charge is 2.09. The van der Waals surface area contributed by atoms with Crippen LogP contribution in [0, 0.1) is 0 Å². The average molecular weight is 259 g/mol. The third-order valence-electron chi connectivity index (χ3n) is 2.40. The molecule has 1 aromatic carbocycles. The molecule has 0 radical (unpaired) electrons. The van der Waals surface area contributed by atoms with E-state index in [1.54, 1.807) is 30.4 Å². The van der Waals surface area contributed by atoms with Gasteiger partial charge >= 0.3 is 0 Å². The number of thioether (sulfide) groups is 1. The minimum Gasteiger partial charge on any atom is -0.346 e. The molecular formula is C13H13N3OS. The molecular weight excluding hydrogens is 246 g/mol. The molecule has 1 heterocycles. The summed E-state index contributed by atoms with van der Waals surface area (Å²) >= 11 is 1.56. The Morgan fingerprint density at radius 3 is 2.89 bits per heavy atom. The van der Waals surface area contributed by atoms with Gasteiger partial charge in [0.15, 0.2) is 0 Å². The fourth-order valence-electron chi connectivity index (χ4n) is 1.52. The molecule has 0 bridgehead atoms. The van der Waals surface area contributed by atoms with Gasteiger partial charge in [-0.1, -0.05) is 12.1 Å². The van der Waals surface area contributed by atoms with Crippen molar-refractivity contribution in [3.8, 4) is 0 Å². The van der Waals surface area contributed by atoms with Crippen molar-refractivity contribution in [2.24, 2.45) is 0 Å². The van der Waals surface area contributed by atoms with Crippen LogP contribution < -0.4 is 5.32 Å². The Morgan fingerprint density at radius 2 is 2.17 bits per heavy atom. The van der Waals surface area contributed by atoms with Gasteiger partial charge in [0.2, 0.25) is 0 Å². The zero-order valence-electron chi connectivity index (χ0n) is 9.96. The van der Waals surface area contributed by atoms with Crippen LogP contribution in [0.5, 0.6) is 0 Å². The molecule has 0 saturated carbocycles. The van der Waals surface area contributed by atoms with E-state index in [0.29, 0.717) is 12.1 Å². The summed E-state index contributed by atoms with van der Waals surface area (Å²) in [7, 11) is 0. The largest absolute Gasteiger partial charge is 0.346 e. The quantitative estimate of drug-likeness (QED) is 0.855. The molecule has 2 aromatic rings. The van der Waals surface area contributed by atoms with E-state index >= 15 is 0 Å². The van der Waals surface area contributed by atoms with Crippen molar-refractivity contribution >= 4 is 17.7 Å². The van der Waals surface area contributed by atoms with Crippen molar-refractivity contribution < 1.29 is 4.79 Å². The van der Waals surface area contributed by atoms with Gasteiger partial charge in [-0.2, -0.15) is 0 Å². The van der Waals surface area contributed by atoms with E-state index < -0.39 is 0 Å². The van der Waals surface area contributed by atoms with Crippen LogP contribution in [0.1, 0.15) is 16.1 Å². The second-order valence-corrected chi connectivity index (χ2v) is 4.43. The Kier molecular flexibility index (Phi) is 4.30. The molecule has 5 heteroatoms. The number of carbonyl (C=O) groups excluding carboxylic acids is 1. The first-order valence-electron chi connectivity index (χ1n) is 5.47. The minimum absolute atomic E-state index is 0.0920. The van der Waals surface area contributed by atoms with Gasteiger partial charge in [0.05, 0.1) is 24.0 Å². The Morgan fingerprint density at radius 1 is 1.33 bits per heavy atom. The molecule has 18 heavy (non-hydrogen) atoms. The van der Waals surface area contributed by atoms with Crippen LogP contribution in [-0.4, -0.2) is 22.1 Å². The summed E-state index contributed by atoms with van der Waals surface area (Å²) in [5.74, 6) is -0.0920. The van der Waals surface area contributed by atoms with E-state index in [-0.39, 0.29) is 5.91 Å². The lowest BCUT2D eigenvalue weighted by Crippen LogP contribution is -2.23. The summed E-state index contributed by atoms with van der Waals surface area (Å²) in [6, 6.07) is 7.53. The van der Waals surface area contributed by atoms with Gasteiger partial charge < -0.3 is 5.32 Å². The van der Waals surface area contributed by atoms with Crippen LogP contribution in [0.2, 0.25) is 0 Å². The Labute approximate surface area is 110 Å². The van der Waals surface area contributed by atoms with E-state index in [0.717, 1.165) is 10.6 Å². The number of nitrogens with one attached hydrogen (secondary N) is 1. The van der Waals surface area contributed by atoms with Gasteiger partial charge in [0.25, 0.3) is 5.91 Å². The highest BCUT2D eigenvalue weighted by molar-refractivity contribution is 7.98. The molecule has 2 rings (SSSR count). The first-order valence-corrected chi connectivity index (χ1v) is 6.70. The maximum atomic E-state index is 12.0. The van der Waals surface area contributed by atoms with Gasteiger partial charge in [0.1, 0.15) is 0 Å². The summed E-state index contributed by atoms with van der Waals surface area (Å²) in [5, 5.41) is 2.84. The number of rotatable bonds is 4. The second kappa shape index (κ2) is 6.16. The summed E-state index contributed by atoms with van der Waals surface area (Å²) in [4.78, 5) is 21.0. The van der Waals surface area contributed by atoms with Crippen molar-refractivity contribution in [2.45, 2.75) is 11.4 Å². The molecule has 4 nitrogen and oxygen atoms in total. The van der Waals surface area contributed by atoms with E-state index in [4.69, 9.17) is 0 Å². The smallest absolute Gasteiger partial charge is 0.252 e. The van der Waals surface area contributed by atoms with Crippen LogP contribution in [-0.2, 0) is 6.54 Å². The van der Waals surface area contributed by atoms with E-state index in [2.05, 4.69) is 15.3 Å². The maximum Gasteiger partial charge on any atom is 0.252 e. The van der Waals surface area contributed by atoms with E-state index in [1.807, 2.05) is 30.5 Å². The SMILES string of the molecule is CSc1ccccc1C(=O)NCc1cnccn1. The molecule has 1 amide bonds. The Balaban J connectivity index is 2.04. The molecule has 0 aliphatic rings. The molecule has 0 atom stereocenters. The van der Waals surface area contributed by atoms with Crippen LogP contribution in [0.25, 0.3) is 0 Å². The number of nitrogens with zero attached hydrogens (tertiary/aromatic N) is 2. The van der Waals surface area contributed by atoms with Crippen molar-refractivity contribution in [3.63, 3.8) is 0 Å². The van der Waals surface area contributed by atoms with Gasteiger partial charge in [-0.25, -0.2) is 0 Å². The molecule has 0 aliphatic heterocycles. The number of hydrogen-bond acceptors (Lipinski definition) is 4. The summed E-state index contributed by atoms with van der Waals surface area (Å²) < 4.78 is 0. The first kappa shape index (κ1) is 12.6. The minimum atomic E-state index is -0.0920. The standard InChI is InChI=1S/C13H13N3OS/c1-18-12-5-3-2-4-11(12)13(17)16-9-10-8-14-6-7-15-10/h2-8H,9H2,1H3,(H,16,17). The zero-order chi connectivity index (χ0) is 12.8. The lowest BCUT2D eigenvalue weighted by Gasteiger charge is -2.07.